The third-order valence-corrected chi connectivity index (χ3v) is 4.26. The SMILES string of the molecule is COc1cc(NC(=O)C(=O)Nc2ccc(C(=O)NC(C)(C)C)cc2)ccc1-c1cnco1. The van der Waals surface area contributed by atoms with Crippen LogP contribution in [0.4, 0.5) is 11.4 Å². The summed E-state index contributed by atoms with van der Waals surface area (Å²) in [5.41, 5.74) is 1.50. The maximum atomic E-state index is 12.3. The van der Waals surface area contributed by atoms with E-state index >= 15 is 0 Å². The van der Waals surface area contributed by atoms with E-state index in [9.17, 15) is 14.4 Å². The number of benzene rings is 2. The van der Waals surface area contributed by atoms with Crippen LogP contribution in [0.15, 0.2) is 59.5 Å². The van der Waals surface area contributed by atoms with Crippen LogP contribution in [0.3, 0.4) is 0 Å². The van der Waals surface area contributed by atoms with Gasteiger partial charge in [0.15, 0.2) is 12.2 Å². The number of anilines is 2. The lowest BCUT2D eigenvalue weighted by Gasteiger charge is -2.20. The number of methoxy groups -OCH3 is 1. The predicted octanol–water partition coefficient (Wildman–Crippen LogP) is 3.46. The molecule has 32 heavy (non-hydrogen) atoms. The molecule has 0 saturated carbocycles. The molecular weight excluding hydrogens is 412 g/mol. The van der Waals surface area contributed by atoms with Crippen molar-refractivity contribution in [1.29, 1.82) is 0 Å². The quantitative estimate of drug-likeness (QED) is 0.527. The molecule has 1 aromatic heterocycles. The third kappa shape index (κ3) is 5.72. The number of aromatic nitrogens is 1. The van der Waals surface area contributed by atoms with Crippen molar-refractivity contribution < 1.29 is 23.5 Å². The molecule has 3 amide bonds. The zero-order chi connectivity index (χ0) is 23.3. The number of nitrogens with one attached hydrogen (secondary N) is 3. The minimum Gasteiger partial charge on any atom is -0.496 e. The van der Waals surface area contributed by atoms with E-state index in [1.54, 1.807) is 48.7 Å². The fourth-order valence-electron chi connectivity index (χ4n) is 2.81. The topological polar surface area (TPSA) is 123 Å². The van der Waals surface area contributed by atoms with Gasteiger partial charge in [0.25, 0.3) is 5.91 Å². The van der Waals surface area contributed by atoms with Crippen LogP contribution in [-0.4, -0.2) is 35.4 Å². The Hall–Kier alpha value is -4.14. The lowest BCUT2D eigenvalue weighted by Crippen LogP contribution is -2.40. The van der Waals surface area contributed by atoms with Gasteiger partial charge in [0.2, 0.25) is 0 Å². The molecule has 9 nitrogen and oxygen atoms in total. The third-order valence-electron chi connectivity index (χ3n) is 4.26. The maximum Gasteiger partial charge on any atom is 0.314 e. The summed E-state index contributed by atoms with van der Waals surface area (Å²) in [6.07, 6.45) is 2.85. The van der Waals surface area contributed by atoms with E-state index in [-0.39, 0.29) is 11.4 Å². The average molecular weight is 436 g/mol. The smallest absolute Gasteiger partial charge is 0.314 e. The van der Waals surface area contributed by atoms with Gasteiger partial charge in [-0.05, 0) is 57.2 Å². The molecule has 0 radical (unpaired) electrons. The van der Waals surface area contributed by atoms with Crippen molar-refractivity contribution in [3.05, 3.63) is 60.6 Å². The number of carbonyl (C=O) groups is 3. The molecule has 0 aliphatic carbocycles. The average Bonchev–Trinajstić information content (AvgIpc) is 3.27. The number of oxazole rings is 1. The Labute approximate surface area is 185 Å². The molecule has 0 spiro atoms. The zero-order valence-corrected chi connectivity index (χ0v) is 18.2. The van der Waals surface area contributed by atoms with Crippen LogP contribution in [0.1, 0.15) is 31.1 Å². The molecular formula is C23H24N4O5. The van der Waals surface area contributed by atoms with E-state index in [1.807, 2.05) is 20.8 Å². The van der Waals surface area contributed by atoms with Crippen LogP contribution in [0.2, 0.25) is 0 Å². The zero-order valence-electron chi connectivity index (χ0n) is 18.2. The standard InChI is InChI=1S/C23H24N4O5/c1-23(2,3)27-20(28)14-5-7-15(8-6-14)25-21(29)22(30)26-16-9-10-17(18(11-16)31-4)19-12-24-13-32-19/h5-13H,1-4H3,(H,25,29)(H,26,30)(H,27,28). The fourth-order valence-corrected chi connectivity index (χ4v) is 2.81. The first-order valence-corrected chi connectivity index (χ1v) is 9.78. The Morgan fingerprint density at radius 2 is 1.56 bits per heavy atom. The predicted molar refractivity (Wildman–Crippen MR) is 119 cm³/mol. The van der Waals surface area contributed by atoms with E-state index in [2.05, 4.69) is 20.9 Å². The van der Waals surface area contributed by atoms with Gasteiger partial charge in [0.05, 0.1) is 18.9 Å². The van der Waals surface area contributed by atoms with Crippen molar-refractivity contribution in [2.24, 2.45) is 0 Å². The second-order valence-corrected chi connectivity index (χ2v) is 7.97. The van der Waals surface area contributed by atoms with Crippen molar-refractivity contribution in [1.82, 2.24) is 10.3 Å². The minimum atomic E-state index is -0.853. The van der Waals surface area contributed by atoms with Gasteiger partial charge in [-0.25, -0.2) is 4.98 Å². The van der Waals surface area contributed by atoms with Crippen LogP contribution in [0.25, 0.3) is 11.3 Å². The van der Waals surface area contributed by atoms with Crippen molar-refractivity contribution in [2.45, 2.75) is 26.3 Å². The highest BCUT2D eigenvalue weighted by Crippen LogP contribution is 2.32. The molecule has 9 heteroatoms. The Kier molecular flexibility index (Phi) is 6.58. The molecule has 3 N–H and O–H groups in total. The van der Waals surface area contributed by atoms with Gasteiger partial charge in [0.1, 0.15) is 5.75 Å². The lowest BCUT2D eigenvalue weighted by atomic mass is 10.1. The number of rotatable bonds is 5. The highest BCUT2D eigenvalue weighted by atomic mass is 16.5. The minimum absolute atomic E-state index is 0.226. The first kappa shape index (κ1) is 22.5. The van der Waals surface area contributed by atoms with Crippen molar-refractivity contribution in [3.8, 4) is 17.1 Å². The number of amides is 3. The molecule has 3 rings (SSSR count). The second kappa shape index (κ2) is 9.34. The Morgan fingerprint density at radius 1 is 0.938 bits per heavy atom. The van der Waals surface area contributed by atoms with Crippen molar-refractivity contribution in [2.75, 3.05) is 17.7 Å². The number of hydrogen-bond donors (Lipinski definition) is 3. The van der Waals surface area contributed by atoms with Crippen molar-refractivity contribution >= 4 is 29.1 Å². The highest BCUT2D eigenvalue weighted by Gasteiger charge is 2.18. The van der Waals surface area contributed by atoms with Gasteiger partial charge >= 0.3 is 11.8 Å². The van der Waals surface area contributed by atoms with E-state index in [1.165, 1.54) is 13.5 Å². The van der Waals surface area contributed by atoms with Crippen LogP contribution in [0, 0.1) is 0 Å². The number of nitrogens with zero attached hydrogens (tertiary/aromatic N) is 1. The monoisotopic (exact) mass is 436 g/mol. The number of carbonyl (C=O) groups excluding carboxylic acids is 3. The molecule has 0 aliphatic heterocycles. The summed E-state index contributed by atoms with van der Waals surface area (Å²) in [6.45, 7) is 5.65. The molecule has 0 atom stereocenters. The molecule has 0 bridgehead atoms. The van der Waals surface area contributed by atoms with Gasteiger partial charge in [-0.2, -0.15) is 0 Å². The largest absolute Gasteiger partial charge is 0.496 e. The maximum absolute atomic E-state index is 12.3. The van der Waals surface area contributed by atoms with E-state index < -0.39 is 11.8 Å². The lowest BCUT2D eigenvalue weighted by molar-refractivity contribution is -0.132. The highest BCUT2D eigenvalue weighted by molar-refractivity contribution is 6.43. The Morgan fingerprint density at radius 3 is 2.12 bits per heavy atom. The summed E-state index contributed by atoms with van der Waals surface area (Å²) in [5, 5.41) is 7.88. The summed E-state index contributed by atoms with van der Waals surface area (Å²) in [6, 6.07) is 11.1. The number of ether oxygens (including phenoxy) is 1. The van der Waals surface area contributed by atoms with Gasteiger partial charge in [-0.15, -0.1) is 0 Å². The van der Waals surface area contributed by atoms with E-state index in [0.29, 0.717) is 34.0 Å². The van der Waals surface area contributed by atoms with Crippen LogP contribution in [0.5, 0.6) is 5.75 Å². The molecule has 2 aromatic carbocycles. The molecule has 0 unspecified atom stereocenters. The van der Waals surface area contributed by atoms with Gasteiger partial charge in [-0.1, -0.05) is 0 Å². The molecule has 166 valence electrons. The van der Waals surface area contributed by atoms with Crippen LogP contribution >= 0.6 is 0 Å². The Balaban J connectivity index is 1.63. The van der Waals surface area contributed by atoms with E-state index in [4.69, 9.17) is 9.15 Å². The van der Waals surface area contributed by atoms with Gasteiger partial charge < -0.3 is 25.1 Å². The summed E-state index contributed by atoms with van der Waals surface area (Å²) in [7, 11) is 1.49. The van der Waals surface area contributed by atoms with Gasteiger partial charge in [0, 0.05) is 28.5 Å². The first-order valence-electron chi connectivity index (χ1n) is 9.78. The first-order chi connectivity index (χ1) is 15.2. The van der Waals surface area contributed by atoms with Crippen LogP contribution < -0.4 is 20.7 Å². The number of hydrogen-bond acceptors (Lipinski definition) is 6. The van der Waals surface area contributed by atoms with Crippen molar-refractivity contribution in [3.63, 3.8) is 0 Å². The molecule has 0 saturated heterocycles. The second-order valence-electron chi connectivity index (χ2n) is 7.97. The van der Waals surface area contributed by atoms with Crippen LogP contribution in [-0.2, 0) is 9.59 Å². The molecule has 3 aromatic rings. The molecule has 1 heterocycles. The van der Waals surface area contributed by atoms with E-state index in [0.717, 1.165) is 0 Å². The summed E-state index contributed by atoms with van der Waals surface area (Å²) < 4.78 is 10.6. The Bertz CT molecular complexity index is 1120. The van der Waals surface area contributed by atoms with Gasteiger partial charge in [-0.3, -0.25) is 14.4 Å². The molecule has 0 fully saturated rings. The fraction of sp³-hybridized carbons (Fsp3) is 0.217. The summed E-state index contributed by atoms with van der Waals surface area (Å²) in [5.74, 6) is -0.971. The summed E-state index contributed by atoms with van der Waals surface area (Å²) >= 11 is 0. The normalized spacial score (nSPS) is 10.9. The molecule has 0 aliphatic rings. The summed E-state index contributed by atoms with van der Waals surface area (Å²) in [4.78, 5) is 40.6.